The second kappa shape index (κ2) is 8.19. The van der Waals surface area contributed by atoms with Gasteiger partial charge in [0.1, 0.15) is 5.75 Å². The number of methoxy groups -OCH3 is 1. The molecule has 3 rings (SSSR count). The molecule has 150 valence electrons. The number of piperidine rings is 1. The lowest BCUT2D eigenvalue weighted by Crippen LogP contribution is -2.50. The van der Waals surface area contributed by atoms with E-state index in [9.17, 15) is 9.90 Å². The predicted molar refractivity (Wildman–Crippen MR) is 107 cm³/mol. The lowest BCUT2D eigenvalue weighted by atomic mass is 9.64. The molecule has 0 atom stereocenters. The van der Waals surface area contributed by atoms with E-state index in [-0.39, 0.29) is 5.91 Å². The summed E-state index contributed by atoms with van der Waals surface area (Å²) in [6, 6.07) is 7.76. The average molecular weight is 375 g/mol. The van der Waals surface area contributed by atoms with Gasteiger partial charge in [0.15, 0.2) is 0 Å². The first-order valence-electron chi connectivity index (χ1n) is 10.1. The summed E-state index contributed by atoms with van der Waals surface area (Å²) in [5.74, 6) is 1.00. The lowest BCUT2D eigenvalue weighted by molar-refractivity contribution is -0.134. The minimum atomic E-state index is -0.534. The van der Waals surface area contributed by atoms with Crippen molar-refractivity contribution in [1.82, 2.24) is 9.80 Å². The zero-order valence-electron chi connectivity index (χ0n) is 17.0. The number of rotatable bonds is 5. The molecule has 1 aliphatic carbocycles. The van der Waals surface area contributed by atoms with Gasteiger partial charge in [0.05, 0.1) is 19.1 Å². The van der Waals surface area contributed by atoms with Gasteiger partial charge in [0.25, 0.3) is 0 Å². The summed E-state index contributed by atoms with van der Waals surface area (Å²) in [5.41, 5.74) is 0.797. The Morgan fingerprint density at radius 1 is 1.15 bits per heavy atom. The molecule has 1 saturated heterocycles. The molecular formula is C22H34N2O3. The van der Waals surface area contributed by atoms with Gasteiger partial charge in [-0.3, -0.25) is 4.79 Å². The van der Waals surface area contributed by atoms with E-state index in [2.05, 4.69) is 4.90 Å². The summed E-state index contributed by atoms with van der Waals surface area (Å²) in [5, 5.41) is 10.8. The molecule has 1 heterocycles. The van der Waals surface area contributed by atoms with Crippen molar-refractivity contribution in [2.24, 2.45) is 5.41 Å². The van der Waals surface area contributed by atoms with Crippen molar-refractivity contribution in [2.45, 2.75) is 50.5 Å². The van der Waals surface area contributed by atoms with Crippen LogP contribution in [-0.4, -0.2) is 67.3 Å². The fraction of sp³-hybridized carbons (Fsp3) is 0.682. The van der Waals surface area contributed by atoms with Gasteiger partial charge < -0.3 is 19.6 Å². The first-order valence-corrected chi connectivity index (χ1v) is 10.1. The highest BCUT2D eigenvalue weighted by molar-refractivity contribution is 5.79. The highest BCUT2D eigenvalue weighted by atomic mass is 16.5. The van der Waals surface area contributed by atoms with Crippen molar-refractivity contribution >= 4 is 5.91 Å². The number of aliphatic hydroxyl groups is 1. The van der Waals surface area contributed by atoms with Crippen LogP contribution in [0.5, 0.6) is 5.75 Å². The number of ether oxygens (including phenoxy) is 1. The van der Waals surface area contributed by atoms with E-state index in [4.69, 9.17) is 4.74 Å². The molecule has 1 spiro atoms. The molecule has 1 amide bonds. The standard InChI is InChI=1S/C22H34N2O3/c1-23(2)17-22(26)9-7-21(8-10-22)11-13-24(14-12-21)20(25)16-18-5-4-6-19(15-18)27-3/h4-6,15,26H,7-14,16-17H2,1-3H3. The fourth-order valence-electron chi connectivity index (χ4n) is 4.79. The second-order valence-corrected chi connectivity index (χ2v) is 8.87. The quantitative estimate of drug-likeness (QED) is 0.861. The van der Waals surface area contributed by atoms with Gasteiger partial charge in [-0.15, -0.1) is 0 Å². The third kappa shape index (κ3) is 5.02. The van der Waals surface area contributed by atoms with E-state index >= 15 is 0 Å². The molecule has 27 heavy (non-hydrogen) atoms. The summed E-state index contributed by atoms with van der Waals surface area (Å²) in [6.45, 7) is 2.43. The lowest BCUT2D eigenvalue weighted by Gasteiger charge is -2.48. The Morgan fingerprint density at radius 3 is 2.41 bits per heavy atom. The summed E-state index contributed by atoms with van der Waals surface area (Å²) in [6.07, 6.45) is 6.48. The van der Waals surface area contributed by atoms with Gasteiger partial charge in [-0.2, -0.15) is 0 Å². The Morgan fingerprint density at radius 2 is 1.81 bits per heavy atom. The number of carbonyl (C=O) groups excluding carboxylic acids is 1. The summed E-state index contributed by atoms with van der Waals surface area (Å²) in [4.78, 5) is 16.8. The van der Waals surface area contributed by atoms with Crippen LogP contribution in [0.4, 0.5) is 0 Å². The van der Waals surface area contributed by atoms with Gasteiger partial charge in [0.2, 0.25) is 5.91 Å². The molecule has 2 fully saturated rings. The van der Waals surface area contributed by atoms with Crippen molar-refractivity contribution < 1.29 is 14.6 Å². The van der Waals surface area contributed by atoms with Crippen molar-refractivity contribution in [3.8, 4) is 5.75 Å². The van der Waals surface area contributed by atoms with E-state index in [1.807, 2.05) is 43.3 Å². The second-order valence-electron chi connectivity index (χ2n) is 8.87. The first-order chi connectivity index (χ1) is 12.8. The number of benzene rings is 1. The summed E-state index contributed by atoms with van der Waals surface area (Å²) in [7, 11) is 5.69. The summed E-state index contributed by atoms with van der Waals surface area (Å²) >= 11 is 0. The highest BCUT2D eigenvalue weighted by Crippen LogP contribution is 2.47. The predicted octanol–water partition coefficient (Wildman–Crippen LogP) is 2.71. The monoisotopic (exact) mass is 374 g/mol. The van der Waals surface area contributed by atoms with Crippen molar-refractivity contribution in [3.63, 3.8) is 0 Å². The zero-order valence-corrected chi connectivity index (χ0v) is 17.0. The van der Waals surface area contributed by atoms with E-state index in [0.717, 1.165) is 69.5 Å². The number of likely N-dealkylation sites (N-methyl/N-ethyl adjacent to an activating group) is 1. The topological polar surface area (TPSA) is 53.0 Å². The van der Waals surface area contributed by atoms with Crippen LogP contribution in [0.3, 0.4) is 0 Å². The third-order valence-corrected chi connectivity index (χ3v) is 6.52. The van der Waals surface area contributed by atoms with E-state index < -0.39 is 5.60 Å². The maximum atomic E-state index is 12.7. The number of nitrogens with zero attached hydrogens (tertiary/aromatic N) is 2. The van der Waals surface area contributed by atoms with Gasteiger partial charge in [-0.05, 0) is 75.7 Å². The summed E-state index contributed by atoms with van der Waals surface area (Å²) < 4.78 is 5.25. The zero-order chi connectivity index (χ0) is 19.5. The van der Waals surface area contributed by atoms with Crippen LogP contribution in [0.2, 0.25) is 0 Å². The van der Waals surface area contributed by atoms with Crippen LogP contribution in [0, 0.1) is 5.41 Å². The molecule has 0 aromatic heterocycles. The maximum Gasteiger partial charge on any atom is 0.226 e. The molecule has 5 heteroatoms. The Bertz CT molecular complexity index is 641. The Hall–Kier alpha value is -1.59. The van der Waals surface area contributed by atoms with Crippen LogP contribution < -0.4 is 4.74 Å². The molecule has 1 aromatic rings. The van der Waals surface area contributed by atoms with Gasteiger partial charge >= 0.3 is 0 Å². The van der Waals surface area contributed by atoms with Gasteiger partial charge in [-0.25, -0.2) is 0 Å². The van der Waals surface area contributed by atoms with Crippen LogP contribution in [0.15, 0.2) is 24.3 Å². The number of hydrogen-bond acceptors (Lipinski definition) is 4. The molecule has 1 aromatic carbocycles. The molecule has 1 aliphatic heterocycles. The normalized spacial score (nSPS) is 21.4. The number of likely N-dealkylation sites (tertiary alicyclic amines) is 1. The minimum absolute atomic E-state index is 0.207. The first kappa shape index (κ1) is 20.2. The minimum Gasteiger partial charge on any atom is -0.497 e. The molecule has 1 saturated carbocycles. The molecule has 5 nitrogen and oxygen atoms in total. The van der Waals surface area contributed by atoms with Crippen molar-refractivity contribution in [2.75, 3.05) is 40.8 Å². The SMILES string of the molecule is COc1cccc(CC(=O)N2CCC3(CC2)CCC(O)(CN(C)C)CC3)c1. The molecule has 2 aliphatic rings. The number of hydrogen-bond donors (Lipinski definition) is 1. The molecule has 1 N–H and O–H groups in total. The molecule has 0 radical (unpaired) electrons. The Labute approximate surface area is 163 Å². The van der Waals surface area contributed by atoms with Gasteiger partial charge in [0, 0.05) is 19.6 Å². The maximum absolute atomic E-state index is 12.7. The number of amides is 1. The largest absolute Gasteiger partial charge is 0.497 e. The fourth-order valence-corrected chi connectivity index (χ4v) is 4.79. The van der Waals surface area contributed by atoms with Crippen LogP contribution in [0.25, 0.3) is 0 Å². The van der Waals surface area contributed by atoms with Crippen LogP contribution >= 0.6 is 0 Å². The molecule has 0 unspecified atom stereocenters. The van der Waals surface area contributed by atoms with Crippen molar-refractivity contribution in [3.05, 3.63) is 29.8 Å². The van der Waals surface area contributed by atoms with E-state index in [0.29, 0.717) is 11.8 Å². The third-order valence-electron chi connectivity index (χ3n) is 6.52. The van der Waals surface area contributed by atoms with Crippen molar-refractivity contribution in [1.29, 1.82) is 0 Å². The average Bonchev–Trinajstić information content (AvgIpc) is 2.65. The Balaban J connectivity index is 1.51. The Kier molecular flexibility index (Phi) is 6.11. The van der Waals surface area contributed by atoms with E-state index in [1.54, 1.807) is 7.11 Å². The number of carbonyl (C=O) groups is 1. The van der Waals surface area contributed by atoms with Crippen LogP contribution in [0.1, 0.15) is 44.1 Å². The highest BCUT2D eigenvalue weighted by Gasteiger charge is 2.43. The smallest absolute Gasteiger partial charge is 0.226 e. The molecular weight excluding hydrogens is 340 g/mol. The van der Waals surface area contributed by atoms with Crippen LogP contribution in [-0.2, 0) is 11.2 Å². The van der Waals surface area contributed by atoms with Gasteiger partial charge in [-0.1, -0.05) is 12.1 Å². The van der Waals surface area contributed by atoms with E-state index in [1.165, 1.54) is 0 Å². The molecule has 0 bridgehead atoms.